The van der Waals surface area contributed by atoms with Gasteiger partial charge in [0.05, 0.1) is 12.6 Å². The van der Waals surface area contributed by atoms with Crippen LogP contribution in [0.5, 0.6) is 5.75 Å². The fourth-order valence-corrected chi connectivity index (χ4v) is 3.34. The molecule has 1 aliphatic heterocycles. The van der Waals surface area contributed by atoms with Crippen LogP contribution < -0.4 is 15.4 Å². The van der Waals surface area contributed by atoms with Crippen molar-refractivity contribution < 1.29 is 9.53 Å². The molecule has 0 saturated heterocycles. The van der Waals surface area contributed by atoms with Gasteiger partial charge in [-0.15, -0.1) is 24.0 Å². The fourth-order valence-electron chi connectivity index (χ4n) is 3.11. The highest BCUT2D eigenvalue weighted by Crippen LogP contribution is 2.31. The minimum absolute atomic E-state index is 0. The molecule has 0 spiro atoms. The molecule has 0 bridgehead atoms. The Morgan fingerprint density at radius 3 is 2.70 bits per heavy atom. The van der Waals surface area contributed by atoms with E-state index in [0.717, 1.165) is 34.7 Å². The summed E-state index contributed by atoms with van der Waals surface area (Å²) in [7, 11) is 3.45. The minimum atomic E-state index is -0.0513. The summed E-state index contributed by atoms with van der Waals surface area (Å²) in [6.45, 7) is 1.37. The number of hydrogen-bond donors (Lipinski definition) is 2. The zero-order valence-corrected chi connectivity index (χ0v) is 20.3. The number of nitrogens with zero attached hydrogens (tertiary/aromatic N) is 2. The average Bonchev–Trinajstić information content (AvgIpc) is 2.73. The summed E-state index contributed by atoms with van der Waals surface area (Å²) in [5.41, 5.74) is 2.17. The first-order valence-corrected chi connectivity index (χ1v) is 10.1. The van der Waals surface area contributed by atoms with E-state index in [4.69, 9.17) is 16.3 Å². The van der Waals surface area contributed by atoms with Crippen molar-refractivity contribution in [2.24, 2.45) is 4.99 Å². The number of aliphatic imine (C=N–C) groups is 1. The smallest absolute Gasteiger partial charge is 0.243 e. The molecule has 1 heterocycles. The first-order valence-electron chi connectivity index (χ1n) is 9.74. The second-order valence-corrected chi connectivity index (χ2v) is 7.50. The van der Waals surface area contributed by atoms with E-state index in [1.807, 2.05) is 42.5 Å². The van der Waals surface area contributed by atoms with Crippen LogP contribution in [0.15, 0.2) is 53.5 Å². The predicted octanol–water partition coefficient (Wildman–Crippen LogP) is 3.65. The van der Waals surface area contributed by atoms with E-state index in [1.54, 1.807) is 14.1 Å². The molecule has 6 nitrogen and oxygen atoms in total. The van der Waals surface area contributed by atoms with E-state index in [9.17, 15) is 4.79 Å². The first-order chi connectivity index (χ1) is 14.0. The van der Waals surface area contributed by atoms with Crippen LogP contribution in [0, 0.1) is 0 Å². The van der Waals surface area contributed by atoms with Gasteiger partial charge in [-0.25, -0.2) is 4.99 Å². The molecule has 3 rings (SSSR count). The molecule has 1 unspecified atom stereocenters. The Hall–Kier alpha value is -2.00. The number of likely N-dealkylation sites (N-methyl/N-ethyl adjacent to an activating group) is 1. The van der Waals surface area contributed by atoms with Crippen molar-refractivity contribution in [3.8, 4) is 5.75 Å². The first kappa shape index (κ1) is 24.3. The van der Waals surface area contributed by atoms with Gasteiger partial charge in [-0.1, -0.05) is 48.0 Å². The Kier molecular flexibility index (Phi) is 9.71. The van der Waals surface area contributed by atoms with Crippen LogP contribution in [0.4, 0.5) is 0 Å². The highest BCUT2D eigenvalue weighted by atomic mass is 127. The number of para-hydroxylation sites is 1. The number of guanidine groups is 1. The molecule has 1 atom stereocenters. The summed E-state index contributed by atoms with van der Waals surface area (Å²) in [6, 6.07) is 15.9. The molecule has 0 saturated carbocycles. The number of benzene rings is 2. The van der Waals surface area contributed by atoms with Crippen LogP contribution in [-0.2, 0) is 11.2 Å². The summed E-state index contributed by atoms with van der Waals surface area (Å²) in [6.07, 6.45) is 1.58. The molecule has 2 aromatic carbocycles. The molecule has 0 aromatic heterocycles. The monoisotopic (exact) mass is 542 g/mol. The van der Waals surface area contributed by atoms with Crippen molar-refractivity contribution in [3.05, 3.63) is 64.7 Å². The second-order valence-electron chi connectivity index (χ2n) is 7.09. The van der Waals surface area contributed by atoms with E-state index in [1.165, 1.54) is 4.90 Å². The Morgan fingerprint density at radius 2 is 1.93 bits per heavy atom. The summed E-state index contributed by atoms with van der Waals surface area (Å²) in [5.74, 6) is 1.44. The Labute approximate surface area is 200 Å². The second kappa shape index (κ2) is 12.0. The molecular formula is C22H28ClIN4O2. The summed E-state index contributed by atoms with van der Waals surface area (Å²) < 4.78 is 5.74. The molecule has 162 valence electrons. The topological polar surface area (TPSA) is 66.0 Å². The van der Waals surface area contributed by atoms with E-state index >= 15 is 0 Å². The number of hydrogen-bond acceptors (Lipinski definition) is 3. The highest BCUT2D eigenvalue weighted by Gasteiger charge is 2.22. The number of carbonyl (C=O) groups is 1. The van der Waals surface area contributed by atoms with E-state index in [2.05, 4.69) is 21.7 Å². The van der Waals surface area contributed by atoms with Crippen molar-refractivity contribution in [1.29, 1.82) is 0 Å². The quantitative estimate of drug-likeness (QED) is 0.332. The van der Waals surface area contributed by atoms with Gasteiger partial charge in [-0.2, -0.15) is 0 Å². The number of carbonyl (C=O) groups excluding carboxylic acids is 1. The van der Waals surface area contributed by atoms with Gasteiger partial charge in [0, 0.05) is 37.6 Å². The van der Waals surface area contributed by atoms with Gasteiger partial charge in [0.25, 0.3) is 0 Å². The van der Waals surface area contributed by atoms with Gasteiger partial charge in [0.2, 0.25) is 5.91 Å². The average molecular weight is 543 g/mol. The lowest BCUT2D eigenvalue weighted by atomic mass is 10.0. The molecule has 0 aliphatic carbocycles. The van der Waals surface area contributed by atoms with Gasteiger partial charge >= 0.3 is 0 Å². The Balaban J connectivity index is 0.00000320. The van der Waals surface area contributed by atoms with Crippen LogP contribution >= 0.6 is 35.6 Å². The van der Waals surface area contributed by atoms with Crippen molar-refractivity contribution in [1.82, 2.24) is 15.5 Å². The summed E-state index contributed by atoms with van der Waals surface area (Å²) in [5, 5.41) is 7.55. The molecule has 2 N–H and O–H groups in total. The number of fused-ring (bicyclic) bond motifs is 1. The van der Waals surface area contributed by atoms with Gasteiger partial charge < -0.3 is 20.3 Å². The van der Waals surface area contributed by atoms with Crippen molar-refractivity contribution >= 4 is 47.4 Å². The molecule has 1 amide bonds. The lowest BCUT2D eigenvalue weighted by Crippen LogP contribution is -2.42. The largest absolute Gasteiger partial charge is 0.493 e. The van der Waals surface area contributed by atoms with Crippen LogP contribution in [-0.4, -0.2) is 50.6 Å². The predicted molar refractivity (Wildman–Crippen MR) is 132 cm³/mol. The van der Waals surface area contributed by atoms with Crippen molar-refractivity contribution in [3.63, 3.8) is 0 Å². The molecule has 0 fully saturated rings. The van der Waals surface area contributed by atoms with Crippen molar-refractivity contribution in [2.75, 3.05) is 33.8 Å². The maximum Gasteiger partial charge on any atom is 0.243 e. The Bertz CT molecular complexity index is 876. The normalized spacial score (nSPS) is 15.3. The highest BCUT2D eigenvalue weighted by molar-refractivity contribution is 14.0. The third-order valence-electron chi connectivity index (χ3n) is 4.79. The summed E-state index contributed by atoms with van der Waals surface area (Å²) >= 11 is 6.25. The lowest BCUT2D eigenvalue weighted by molar-refractivity contribution is -0.127. The molecule has 0 radical (unpaired) electrons. The SMILES string of the molecule is CN(C)C(=O)CN=C(NCCc1ccccc1Cl)NC1CCOc2ccccc21.I. The number of ether oxygens (including phenoxy) is 1. The zero-order chi connectivity index (χ0) is 20.6. The standard InChI is InChI=1S/C22H27ClN4O2.HI/c1-27(2)21(28)15-25-22(24-13-11-16-7-3-5-9-18(16)23)26-19-12-14-29-20-10-6-4-8-17(19)20;/h3-10,19H,11-15H2,1-2H3,(H2,24,25,26);1H. The van der Waals surface area contributed by atoms with E-state index in [-0.39, 0.29) is 42.5 Å². The molecular weight excluding hydrogens is 515 g/mol. The summed E-state index contributed by atoms with van der Waals surface area (Å²) in [4.78, 5) is 18.0. The Morgan fingerprint density at radius 1 is 1.20 bits per heavy atom. The maximum absolute atomic E-state index is 12.0. The number of halogens is 2. The van der Waals surface area contributed by atoms with Gasteiger partial charge in [0.1, 0.15) is 12.3 Å². The third-order valence-corrected chi connectivity index (χ3v) is 5.15. The van der Waals surface area contributed by atoms with Gasteiger partial charge in [-0.05, 0) is 24.1 Å². The minimum Gasteiger partial charge on any atom is -0.493 e. The van der Waals surface area contributed by atoms with E-state index < -0.39 is 0 Å². The van der Waals surface area contributed by atoms with Crippen LogP contribution in [0.2, 0.25) is 5.02 Å². The van der Waals surface area contributed by atoms with Gasteiger partial charge in [0.15, 0.2) is 5.96 Å². The van der Waals surface area contributed by atoms with Crippen molar-refractivity contribution in [2.45, 2.75) is 18.9 Å². The maximum atomic E-state index is 12.0. The third kappa shape index (κ3) is 6.77. The molecule has 30 heavy (non-hydrogen) atoms. The fraction of sp³-hybridized carbons (Fsp3) is 0.364. The molecule has 8 heteroatoms. The van der Waals surface area contributed by atoms with Crippen LogP contribution in [0.3, 0.4) is 0 Å². The van der Waals surface area contributed by atoms with Crippen LogP contribution in [0.1, 0.15) is 23.6 Å². The molecule has 1 aliphatic rings. The van der Waals surface area contributed by atoms with Gasteiger partial charge in [-0.3, -0.25) is 4.79 Å². The number of rotatable bonds is 6. The number of amides is 1. The lowest BCUT2D eigenvalue weighted by Gasteiger charge is -2.28. The molecule has 2 aromatic rings. The zero-order valence-electron chi connectivity index (χ0n) is 17.2. The van der Waals surface area contributed by atoms with E-state index in [0.29, 0.717) is 19.1 Å². The number of nitrogens with one attached hydrogen (secondary N) is 2. The van der Waals surface area contributed by atoms with Crippen LogP contribution in [0.25, 0.3) is 0 Å².